The quantitative estimate of drug-likeness (QED) is 0.870. The molecule has 102 valence electrons. The zero-order valence-corrected chi connectivity index (χ0v) is 10.6. The molecule has 0 unspecified atom stereocenters. The molecule has 1 rings (SSSR count). The molecule has 0 spiro atoms. The summed E-state index contributed by atoms with van der Waals surface area (Å²) in [6, 6.07) is 1.54. The fourth-order valence-electron chi connectivity index (χ4n) is 1.20. The van der Waals surface area contributed by atoms with E-state index in [0.717, 1.165) is 12.1 Å². The molecule has 0 aliphatic rings. The number of ether oxygens (including phenoxy) is 1. The average molecular weight is 283 g/mol. The minimum absolute atomic E-state index is 0.150. The summed E-state index contributed by atoms with van der Waals surface area (Å²) in [5.74, 6) is 0.150. The van der Waals surface area contributed by atoms with Crippen molar-refractivity contribution >= 4 is 11.6 Å². The Morgan fingerprint density at radius 3 is 2.78 bits per heavy atom. The topological polar surface area (TPSA) is 34.1 Å². The van der Waals surface area contributed by atoms with Gasteiger partial charge in [0.2, 0.25) is 5.88 Å². The van der Waals surface area contributed by atoms with Crippen LogP contribution in [0.15, 0.2) is 12.3 Å². The first-order valence-electron chi connectivity index (χ1n) is 5.47. The Kier molecular flexibility index (Phi) is 5.68. The van der Waals surface area contributed by atoms with Crippen molar-refractivity contribution in [3.05, 3.63) is 22.8 Å². The lowest BCUT2D eigenvalue weighted by Gasteiger charge is -2.10. The first kappa shape index (κ1) is 15.0. The molecular weight excluding hydrogens is 269 g/mol. The second-order valence-electron chi connectivity index (χ2n) is 3.61. The lowest BCUT2D eigenvalue weighted by Crippen LogP contribution is -2.14. The van der Waals surface area contributed by atoms with Crippen molar-refractivity contribution in [1.29, 1.82) is 0 Å². The Bertz CT molecular complexity index is 385. The van der Waals surface area contributed by atoms with Crippen molar-refractivity contribution in [3.8, 4) is 5.88 Å². The summed E-state index contributed by atoms with van der Waals surface area (Å²) < 4.78 is 40.8. The molecule has 0 atom stereocenters. The van der Waals surface area contributed by atoms with E-state index < -0.39 is 19.2 Å². The summed E-state index contributed by atoms with van der Waals surface area (Å²) in [7, 11) is 0. The number of hydrogen-bond donors (Lipinski definition) is 1. The van der Waals surface area contributed by atoms with Gasteiger partial charge in [-0.25, -0.2) is 4.98 Å². The smallest absolute Gasteiger partial charge is 0.392 e. The van der Waals surface area contributed by atoms with Crippen LogP contribution in [0.4, 0.5) is 13.2 Å². The molecule has 0 fully saturated rings. The Morgan fingerprint density at radius 1 is 1.44 bits per heavy atom. The van der Waals surface area contributed by atoms with Crippen LogP contribution in [0.5, 0.6) is 5.88 Å². The third-order valence-electron chi connectivity index (χ3n) is 2.11. The third-order valence-corrected chi connectivity index (χ3v) is 2.45. The molecule has 18 heavy (non-hydrogen) atoms. The van der Waals surface area contributed by atoms with E-state index in [2.05, 4.69) is 10.3 Å². The maximum Gasteiger partial charge on any atom is 0.392 e. The summed E-state index contributed by atoms with van der Waals surface area (Å²) in [6.45, 7) is 2.78. The van der Waals surface area contributed by atoms with Gasteiger partial charge in [-0.3, -0.25) is 0 Å². The minimum atomic E-state index is -4.22. The number of hydrogen-bond acceptors (Lipinski definition) is 3. The van der Waals surface area contributed by atoms with Gasteiger partial charge in [-0.05, 0) is 12.1 Å². The van der Waals surface area contributed by atoms with Gasteiger partial charge in [-0.1, -0.05) is 18.5 Å². The highest BCUT2D eigenvalue weighted by atomic mass is 35.5. The van der Waals surface area contributed by atoms with Gasteiger partial charge in [-0.2, -0.15) is 13.2 Å². The molecule has 7 heteroatoms. The highest BCUT2D eigenvalue weighted by molar-refractivity contribution is 6.31. The SMILES string of the molecule is CCNCc1cc(OCCC(F)(F)F)ncc1Cl. The lowest BCUT2D eigenvalue weighted by atomic mass is 10.2. The number of halogens is 4. The maximum absolute atomic E-state index is 11.9. The second-order valence-corrected chi connectivity index (χ2v) is 4.02. The van der Waals surface area contributed by atoms with Crippen LogP contribution in [0.25, 0.3) is 0 Å². The van der Waals surface area contributed by atoms with E-state index in [1.54, 1.807) is 6.07 Å². The van der Waals surface area contributed by atoms with Crippen LogP contribution in [-0.4, -0.2) is 24.3 Å². The van der Waals surface area contributed by atoms with Gasteiger partial charge in [0.05, 0.1) is 18.1 Å². The molecule has 0 saturated heterocycles. The van der Waals surface area contributed by atoms with Gasteiger partial charge in [0.1, 0.15) is 0 Å². The van der Waals surface area contributed by atoms with Crippen LogP contribution in [-0.2, 0) is 6.54 Å². The molecule has 1 aromatic rings. The summed E-state index contributed by atoms with van der Waals surface area (Å²) in [5.41, 5.74) is 0.746. The molecule has 0 radical (unpaired) electrons. The zero-order chi connectivity index (χ0) is 13.6. The molecule has 1 N–H and O–H groups in total. The summed E-state index contributed by atoms with van der Waals surface area (Å²) in [6.07, 6.45) is -3.85. The fraction of sp³-hybridized carbons (Fsp3) is 0.545. The van der Waals surface area contributed by atoms with Crippen molar-refractivity contribution in [2.24, 2.45) is 0 Å². The molecule has 0 bridgehead atoms. The second kappa shape index (κ2) is 6.80. The van der Waals surface area contributed by atoms with E-state index in [4.69, 9.17) is 16.3 Å². The molecule has 0 aromatic carbocycles. The highest BCUT2D eigenvalue weighted by Gasteiger charge is 2.26. The van der Waals surface area contributed by atoms with Gasteiger partial charge in [0.15, 0.2) is 0 Å². The van der Waals surface area contributed by atoms with Crippen LogP contribution in [0.3, 0.4) is 0 Å². The van der Waals surface area contributed by atoms with E-state index in [9.17, 15) is 13.2 Å². The van der Waals surface area contributed by atoms with Crippen molar-refractivity contribution in [2.45, 2.75) is 26.1 Å². The fourth-order valence-corrected chi connectivity index (χ4v) is 1.37. The molecule has 3 nitrogen and oxygen atoms in total. The molecule has 0 aliphatic carbocycles. The van der Waals surface area contributed by atoms with Gasteiger partial charge in [-0.15, -0.1) is 0 Å². The Balaban J connectivity index is 2.56. The number of aromatic nitrogens is 1. The van der Waals surface area contributed by atoms with Gasteiger partial charge < -0.3 is 10.1 Å². The van der Waals surface area contributed by atoms with Gasteiger partial charge in [0, 0.05) is 18.8 Å². The average Bonchev–Trinajstić information content (AvgIpc) is 2.28. The van der Waals surface area contributed by atoms with E-state index in [1.165, 1.54) is 6.20 Å². The molecule has 1 aromatic heterocycles. The predicted octanol–water partition coefficient (Wildman–Crippen LogP) is 3.18. The van der Waals surface area contributed by atoms with Crippen molar-refractivity contribution in [2.75, 3.05) is 13.2 Å². The van der Waals surface area contributed by atoms with E-state index >= 15 is 0 Å². The van der Waals surface area contributed by atoms with Crippen LogP contribution in [0, 0.1) is 0 Å². The molecule has 1 heterocycles. The first-order valence-corrected chi connectivity index (χ1v) is 5.85. The summed E-state index contributed by atoms with van der Waals surface area (Å²) in [5, 5.41) is 3.52. The minimum Gasteiger partial charge on any atom is -0.477 e. The number of nitrogens with zero attached hydrogens (tertiary/aromatic N) is 1. The largest absolute Gasteiger partial charge is 0.477 e. The predicted molar refractivity (Wildman–Crippen MR) is 62.8 cm³/mol. The van der Waals surface area contributed by atoms with E-state index in [0.29, 0.717) is 11.6 Å². The van der Waals surface area contributed by atoms with Crippen molar-refractivity contribution in [3.63, 3.8) is 0 Å². The van der Waals surface area contributed by atoms with Gasteiger partial charge >= 0.3 is 6.18 Å². The molecule has 0 amide bonds. The monoisotopic (exact) mass is 282 g/mol. The Hall–Kier alpha value is -1.01. The van der Waals surface area contributed by atoms with E-state index in [-0.39, 0.29) is 5.88 Å². The molecular formula is C11H14ClF3N2O. The van der Waals surface area contributed by atoms with Crippen molar-refractivity contribution < 1.29 is 17.9 Å². The highest BCUT2D eigenvalue weighted by Crippen LogP contribution is 2.22. The number of alkyl halides is 3. The normalized spacial score (nSPS) is 11.6. The molecule has 0 aliphatic heterocycles. The first-order chi connectivity index (χ1) is 8.42. The van der Waals surface area contributed by atoms with Crippen LogP contribution >= 0.6 is 11.6 Å². The van der Waals surface area contributed by atoms with Gasteiger partial charge in [0.25, 0.3) is 0 Å². The third kappa shape index (κ3) is 5.55. The summed E-state index contributed by atoms with van der Waals surface area (Å²) in [4.78, 5) is 3.82. The number of pyridine rings is 1. The zero-order valence-electron chi connectivity index (χ0n) is 9.85. The summed E-state index contributed by atoms with van der Waals surface area (Å²) >= 11 is 5.90. The van der Waals surface area contributed by atoms with Crippen LogP contribution in [0.1, 0.15) is 18.9 Å². The standard InChI is InChI=1S/C11H14ClF3N2O/c1-2-16-6-8-5-10(17-7-9(8)12)18-4-3-11(13,14)15/h5,7,16H,2-4,6H2,1H3. The van der Waals surface area contributed by atoms with Crippen LogP contribution < -0.4 is 10.1 Å². The van der Waals surface area contributed by atoms with Crippen molar-refractivity contribution in [1.82, 2.24) is 10.3 Å². The Labute approximate surface area is 108 Å². The molecule has 0 saturated carbocycles. The van der Waals surface area contributed by atoms with E-state index in [1.807, 2.05) is 6.92 Å². The maximum atomic E-state index is 11.9. The Morgan fingerprint density at radius 2 is 2.17 bits per heavy atom. The number of rotatable bonds is 6. The number of nitrogens with one attached hydrogen (secondary N) is 1. The van der Waals surface area contributed by atoms with Crippen LogP contribution in [0.2, 0.25) is 5.02 Å². The lowest BCUT2D eigenvalue weighted by molar-refractivity contribution is -0.139.